The summed E-state index contributed by atoms with van der Waals surface area (Å²) >= 11 is 0. The van der Waals surface area contributed by atoms with E-state index < -0.39 is 22.0 Å². The van der Waals surface area contributed by atoms with Gasteiger partial charge in [-0.3, -0.25) is 13.9 Å². The number of nitrogens with zero attached hydrogens (tertiary/aromatic N) is 2. The lowest BCUT2D eigenvalue weighted by Gasteiger charge is -2.45. The summed E-state index contributed by atoms with van der Waals surface area (Å²) < 4.78 is 27.5. The van der Waals surface area contributed by atoms with Gasteiger partial charge in [0.05, 0.1) is 11.3 Å². The monoisotopic (exact) mass is 488 g/mol. The van der Waals surface area contributed by atoms with Crippen LogP contribution in [0.4, 0.5) is 0 Å². The number of sulfonamides is 1. The van der Waals surface area contributed by atoms with Crippen LogP contribution in [0.3, 0.4) is 0 Å². The van der Waals surface area contributed by atoms with E-state index in [1.54, 1.807) is 12.1 Å². The second-order valence-electron chi connectivity index (χ2n) is 10.5. The Balaban J connectivity index is 1.44. The van der Waals surface area contributed by atoms with Crippen LogP contribution in [0.5, 0.6) is 0 Å². The molecule has 9 heteroatoms. The maximum absolute atomic E-state index is 13.2. The molecule has 2 aliphatic heterocycles. The van der Waals surface area contributed by atoms with Gasteiger partial charge in [-0.15, -0.1) is 0 Å². The lowest BCUT2D eigenvalue weighted by molar-refractivity contribution is -0.130. The molecule has 0 bridgehead atoms. The van der Waals surface area contributed by atoms with Crippen LogP contribution in [0, 0.1) is 12.3 Å². The summed E-state index contributed by atoms with van der Waals surface area (Å²) in [5.74, 6) is -0.817. The molecule has 8 nitrogen and oxygen atoms in total. The smallest absolute Gasteiger partial charge is 0.264 e. The fourth-order valence-electron chi connectivity index (χ4n) is 5.49. The number of likely N-dealkylation sites (tertiary alicyclic amines) is 1. The Morgan fingerprint density at radius 2 is 1.82 bits per heavy atom. The number of nitrogens with one attached hydrogen (secondary N) is 2. The van der Waals surface area contributed by atoms with E-state index in [2.05, 4.69) is 29.4 Å². The lowest BCUT2D eigenvalue weighted by atomic mass is 9.70. The Hall–Kier alpha value is -2.39. The molecule has 1 saturated carbocycles. The number of amides is 2. The van der Waals surface area contributed by atoms with E-state index in [4.69, 9.17) is 0 Å². The molecule has 2 heterocycles. The zero-order valence-corrected chi connectivity index (χ0v) is 21.1. The molecule has 34 heavy (non-hydrogen) atoms. The van der Waals surface area contributed by atoms with Gasteiger partial charge in [-0.2, -0.15) is 0 Å². The third-order valence-corrected chi connectivity index (χ3v) is 9.32. The van der Waals surface area contributed by atoms with Crippen LogP contribution in [-0.4, -0.2) is 60.7 Å². The van der Waals surface area contributed by atoms with Crippen molar-refractivity contribution in [3.63, 3.8) is 0 Å². The average molecular weight is 489 g/mol. The highest BCUT2D eigenvalue weighted by molar-refractivity contribution is 7.89. The van der Waals surface area contributed by atoms with Gasteiger partial charge >= 0.3 is 0 Å². The van der Waals surface area contributed by atoms with Crippen molar-refractivity contribution in [2.75, 3.05) is 13.1 Å². The first-order chi connectivity index (χ1) is 16.1. The van der Waals surface area contributed by atoms with Crippen LogP contribution < -0.4 is 10.6 Å². The van der Waals surface area contributed by atoms with Crippen molar-refractivity contribution in [3.8, 4) is 0 Å². The molecule has 2 amide bonds. The second-order valence-corrected chi connectivity index (χ2v) is 12.3. The van der Waals surface area contributed by atoms with Crippen molar-refractivity contribution in [1.29, 1.82) is 0 Å². The SMILES string of the molecule is Cc1ccc(S(=O)(=O)N2C=CNC(=O)[C@H]2CC(=O)NC2CC[C@H](N3CCCC3)CC2(C)C)cc1. The number of carbonyl (C=O) groups excluding carboxylic acids is 2. The minimum absolute atomic E-state index is 0.0109. The Labute approximate surface area is 202 Å². The highest BCUT2D eigenvalue weighted by Gasteiger charge is 2.41. The Morgan fingerprint density at radius 1 is 1.15 bits per heavy atom. The van der Waals surface area contributed by atoms with Gasteiger partial charge in [0.2, 0.25) is 11.8 Å². The van der Waals surface area contributed by atoms with E-state index >= 15 is 0 Å². The molecule has 0 aromatic heterocycles. The second kappa shape index (κ2) is 9.70. The highest BCUT2D eigenvalue weighted by Crippen LogP contribution is 2.39. The molecule has 186 valence electrons. The van der Waals surface area contributed by atoms with Crippen molar-refractivity contribution in [2.24, 2.45) is 5.41 Å². The molecule has 1 unspecified atom stereocenters. The van der Waals surface area contributed by atoms with Crippen molar-refractivity contribution < 1.29 is 18.0 Å². The van der Waals surface area contributed by atoms with Gasteiger partial charge in [-0.1, -0.05) is 31.5 Å². The van der Waals surface area contributed by atoms with E-state index in [0.29, 0.717) is 6.04 Å². The topological polar surface area (TPSA) is 98.8 Å². The number of benzene rings is 1. The van der Waals surface area contributed by atoms with Gasteiger partial charge in [0.25, 0.3) is 10.0 Å². The van der Waals surface area contributed by atoms with E-state index in [9.17, 15) is 18.0 Å². The maximum Gasteiger partial charge on any atom is 0.264 e. The summed E-state index contributed by atoms with van der Waals surface area (Å²) in [5.41, 5.74) is 0.854. The number of hydrogen-bond acceptors (Lipinski definition) is 5. The van der Waals surface area contributed by atoms with Gasteiger partial charge in [-0.25, -0.2) is 8.42 Å². The van der Waals surface area contributed by atoms with Gasteiger partial charge < -0.3 is 15.5 Å². The molecule has 1 saturated heterocycles. The maximum atomic E-state index is 13.2. The fraction of sp³-hybridized carbons (Fsp3) is 0.600. The minimum atomic E-state index is -3.98. The summed E-state index contributed by atoms with van der Waals surface area (Å²) in [6.07, 6.45) is 7.83. The van der Waals surface area contributed by atoms with E-state index in [1.807, 2.05) is 6.92 Å². The molecular weight excluding hydrogens is 452 g/mol. The first kappa shape index (κ1) is 24.7. The third kappa shape index (κ3) is 5.15. The first-order valence-corrected chi connectivity index (χ1v) is 13.6. The van der Waals surface area contributed by atoms with Crippen LogP contribution in [-0.2, 0) is 19.6 Å². The van der Waals surface area contributed by atoms with E-state index in [-0.39, 0.29) is 28.7 Å². The van der Waals surface area contributed by atoms with Crippen molar-refractivity contribution >= 4 is 21.8 Å². The standard InChI is InChI=1S/C25H36N4O4S/c1-18-6-9-20(10-7-18)34(32,33)29-15-12-26-24(31)21(29)16-23(30)27-22-11-8-19(17-25(22,2)3)28-13-4-5-14-28/h6-7,9-10,12,15,19,21-22H,4-5,8,11,13-14,16-17H2,1-3H3,(H,26,31)(H,27,30)/t19-,21+,22?/m0/s1. The summed E-state index contributed by atoms with van der Waals surface area (Å²) in [5, 5.41) is 5.67. The van der Waals surface area contributed by atoms with Crippen LogP contribution in [0.15, 0.2) is 41.6 Å². The number of rotatable bonds is 6. The normalized spacial score (nSPS) is 27.4. The largest absolute Gasteiger partial charge is 0.353 e. The molecule has 4 rings (SSSR count). The molecule has 3 aliphatic rings. The average Bonchev–Trinajstić information content (AvgIpc) is 3.31. The molecular formula is C25H36N4O4S. The quantitative estimate of drug-likeness (QED) is 0.641. The fourth-order valence-corrected chi connectivity index (χ4v) is 6.94. The summed E-state index contributed by atoms with van der Waals surface area (Å²) in [6.45, 7) is 8.56. The molecule has 1 aromatic rings. The van der Waals surface area contributed by atoms with E-state index in [0.717, 1.165) is 42.2 Å². The molecule has 1 aliphatic carbocycles. The Morgan fingerprint density at radius 3 is 2.47 bits per heavy atom. The van der Waals surface area contributed by atoms with E-state index in [1.165, 1.54) is 37.4 Å². The van der Waals surface area contributed by atoms with Crippen LogP contribution >= 0.6 is 0 Å². The molecule has 3 atom stereocenters. The zero-order valence-electron chi connectivity index (χ0n) is 20.3. The summed E-state index contributed by atoms with van der Waals surface area (Å²) in [7, 11) is -3.98. The molecule has 1 aromatic carbocycles. The number of hydrogen-bond donors (Lipinski definition) is 2. The molecule has 2 fully saturated rings. The predicted molar refractivity (Wildman–Crippen MR) is 130 cm³/mol. The van der Waals surface area contributed by atoms with Gasteiger partial charge in [0, 0.05) is 24.5 Å². The van der Waals surface area contributed by atoms with Crippen molar-refractivity contribution in [2.45, 2.75) is 82.3 Å². The predicted octanol–water partition coefficient (Wildman–Crippen LogP) is 2.50. The van der Waals surface area contributed by atoms with Gasteiger partial charge in [-0.05, 0) is 69.7 Å². The minimum Gasteiger partial charge on any atom is -0.353 e. The highest BCUT2D eigenvalue weighted by atomic mass is 32.2. The molecule has 0 radical (unpaired) electrons. The van der Waals surface area contributed by atoms with Crippen LogP contribution in [0.2, 0.25) is 0 Å². The Kier molecular flexibility index (Phi) is 7.05. The summed E-state index contributed by atoms with van der Waals surface area (Å²) in [6, 6.07) is 5.86. The van der Waals surface area contributed by atoms with Crippen molar-refractivity contribution in [1.82, 2.24) is 19.8 Å². The number of aryl methyl sites for hydroxylation is 1. The molecule has 0 spiro atoms. The lowest BCUT2D eigenvalue weighted by Crippen LogP contribution is -2.55. The number of carbonyl (C=O) groups is 2. The Bertz CT molecular complexity index is 1050. The van der Waals surface area contributed by atoms with Gasteiger partial charge in [0.1, 0.15) is 6.04 Å². The zero-order chi connectivity index (χ0) is 24.5. The summed E-state index contributed by atoms with van der Waals surface area (Å²) in [4.78, 5) is 28.3. The molecule has 2 N–H and O–H groups in total. The van der Waals surface area contributed by atoms with Crippen molar-refractivity contribution in [3.05, 3.63) is 42.2 Å². The van der Waals surface area contributed by atoms with Crippen LogP contribution in [0.1, 0.15) is 57.9 Å². The third-order valence-electron chi connectivity index (χ3n) is 7.52. The van der Waals surface area contributed by atoms with Crippen LogP contribution in [0.25, 0.3) is 0 Å². The first-order valence-electron chi connectivity index (χ1n) is 12.2. The van der Waals surface area contributed by atoms with Gasteiger partial charge in [0.15, 0.2) is 0 Å².